The van der Waals surface area contributed by atoms with Crippen LogP contribution in [0.2, 0.25) is 10.0 Å². The standard InChI is InChI=1S/C42H50Cl2N2O/c1-31(35-19-21-39(37(43)29-35)45-23-11-5-12-24-45)27-41(33-15-7-3-8-16-33)47-42(34-17-9-4-10-18-34)28-32(2)36-20-22-40(38(44)30-36)46-25-13-6-14-26-46/h3-4,7-10,15-22,29-32,41-42H,5-6,11-14,23-28H2,1-2H3. The van der Waals surface area contributed by atoms with Gasteiger partial charge in [-0.2, -0.15) is 0 Å². The zero-order valence-corrected chi connectivity index (χ0v) is 29.6. The Balaban J connectivity index is 1.22. The topological polar surface area (TPSA) is 15.7 Å². The first-order valence-corrected chi connectivity index (χ1v) is 18.6. The molecule has 2 heterocycles. The van der Waals surface area contributed by atoms with Crippen LogP contribution < -0.4 is 9.80 Å². The fourth-order valence-electron chi connectivity index (χ4n) is 7.43. The minimum atomic E-state index is -0.0748. The van der Waals surface area contributed by atoms with Gasteiger partial charge in [0.05, 0.1) is 33.6 Å². The number of hydrogen-bond donors (Lipinski definition) is 0. The van der Waals surface area contributed by atoms with E-state index in [0.29, 0.717) is 0 Å². The van der Waals surface area contributed by atoms with Crippen molar-refractivity contribution >= 4 is 34.6 Å². The highest BCUT2D eigenvalue weighted by Gasteiger charge is 2.26. The molecule has 5 heteroatoms. The Hall–Kier alpha value is -2.98. The van der Waals surface area contributed by atoms with Gasteiger partial charge in [-0.3, -0.25) is 0 Å². The predicted octanol–water partition coefficient (Wildman–Crippen LogP) is 12.2. The molecule has 248 valence electrons. The van der Waals surface area contributed by atoms with Crippen LogP contribution in [0.4, 0.5) is 11.4 Å². The van der Waals surface area contributed by atoms with E-state index < -0.39 is 0 Å². The van der Waals surface area contributed by atoms with Gasteiger partial charge >= 0.3 is 0 Å². The van der Waals surface area contributed by atoms with E-state index in [9.17, 15) is 0 Å². The number of halogens is 2. The van der Waals surface area contributed by atoms with Crippen molar-refractivity contribution in [3.05, 3.63) is 129 Å². The Morgan fingerprint density at radius 2 is 0.894 bits per heavy atom. The molecule has 4 aromatic carbocycles. The van der Waals surface area contributed by atoms with Crippen LogP contribution in [0, 0.1) is 0 Å². The Labute approximate surface area is 292 Å². The minimum Gasteiger partial charge on any atom is -0.370 e. The molecule has 2 aliphatic rings. The van der Waals surface area contributed by atoms with Crippen molar-refractivity contribution in [1.82, 2.24) is 0 Å². The van der Waals surface area contributed by atoms with Crippen molar-refractivity contribution < 1.29 is 4.74 Å². The zero-order valence-electron chi connectivity index (χ0n) is 28.1. The first-order valence-electron chi connectivity index (χ1n) is 17.8. The van der Waals surface area contributed by atoms with Crippen molar-refractivity contribution in [1.29, 1.82) is 0 Å². The number of nitrogens with zero attached hydrogens (tertiary/aromatic N) is 2. The summed E-state index contributed by atoms with van der Waals surface area (Å²) in [4.78, 5) is 4.88. The molecular weight excluding hydrogens is 619 g/mol. The van der Waals surface area contributed by atoms with Crippen molar-refractivity contribution in [3.63, 3.8) is 0 Å². The smallest absolute Gasteiger partial charge is 0.0839 e. The SMILES string of the molecule is CC(CC(OC(CC(C)c1ccc(N2CCCCC2)c(Cl)c1)c1ccccc1)c1ccccc1)c1ccc(N2CCCCC2)c(Cl)c1. The molecule has 47 heavy (non-hydrogen) atoms. The van der Waals surface area contributed by atoms with Crippen LogP contribution in [-0.4, -0.2) is 26.2 Å². The van der Waals surface area contributed by atoms with E-state index in [2.05, 4.69) is 121 Å². The van der Waals surface area contributed by atoms with Crippen LogP contribution >= 0.6 is 23.2 Å². The van der Waals surface area contributed by atoms with Gasteiger partial charge in [0.1, 0.15) is 0 Å². The van der Waals surface area contributed by atoms with Crippen LogP contribution in [0.1, 0.15) is 112 Å². The first-order chi connectivity index (χ1) is 23.0. The molecule has 0 saturated carbocycles. The van der Waals surface area contributed by atoms with E-state index in [4.69, 9.17) is 27.9 Å². The monoisotopic (exact) mass is 668 g/mol. The van der Waals surface area contributed by atoms with Gasteiger partial charge in [0, 0.05) is 26.2 Å². The normalized spacial score (nSPS) is 18.0. The van der Waals surface area contributed by atoms with E-state index in [0.717, 1.165) is 49.1 Å². The highest BCUT2D eigenvalue weighted by Crippen LogP contribution is 2.41. The average molecular weight is 670 g/mol. The van der Waals surface area contributed by atoms with Gasteiger partial charge in [0.25, 0.3) is 0 Å². The molecule has 0 aromatic heterocycles. The molecule has 0 aliphatic carbocycles. The number of ether oxygens (including phenoxy) is 1. The van der Waals surface area contributed by atoms with E-state index in [-0.39, 0.29) is 24.0 Å². The lowest BCUT2D eigenvalue weighted by atomic mass is 9.89. The zero-order chi connectivity index (χ0) is 32.6. The largest absolute Gasteiger partial charge is 0.370 e. The summed E-state index contributed by atoms with van der Waals surface area (Å²) in [6.45, 7) is 8.97. The molecule has 2 aliphatic heterocycles. The van der Waals surface area contributed by atoms with Gasteiger partial charge in [-0.25, -0.2) is 0 Å². The lowest BCUT2D eigenvalue weighted by Crippen LogP contribution is -2.29. The van der Waals surface area contributed by atoms with Crippen molar-refractivity contribution in [2.24, 2.45) is 0 Å². The molecule has 2 saturated heterocycles. The maximum atomic E-state index is 7.22. The third-order valence-corrected chi connectivity index (χ3v) is 10.9. The third kappa shape index (κ3) is 8.74. The molecule has 0 spiro atoms. The quantitative estimate of drug-likeness (QED) is 0.149. The lowest BCUT2D eigenvalue weighted by molar-refractivity contribution is -0.0294. The number of benzene rings is 4. The van der Waals surface area contributed by atoms with Gasteiger partial charge in [-0.15, -0.1) is 0 Å². The maximum absolute atomic E-state index is 7.22. The fourth-order valence-corrected chi connectivity index (χ4v) is 8.05. The predicted molar refractivity (Wildman–Crippen MR) is 201 cm³/mol. The summed E-state index contributed by atoms with van der Waals surface area (Å²) < 4.78 is 7.22. The van der Waals surface area contributed by atoms with Crippen LogP contribution in [0.15, 0.2) is 97.1 Å². The number of rotatable bonds is 12. The molecule has 4 aromatic rings. The summed E-state index contributed by atoms with van der Waals surface area (Å²) in [7, 11) is 0. The Kier molecular flexibility index (Phi) is 11.8. The van der Waals surface area contributed by atoms with E-state index in [1.165, 1.54) is 72.2 Å². The van der Waals surface area contributed by atoms with Gasteiger partial charge in [-0.05, 0) is 110 Å². The van der Waals surface area contributed by atoms with Crippen molar-refractivity contribution in [2.45, 2.75) is 89.3 Å². The summed E-state index contributed by atoms with van der Waals surface area (Å²) >= 11 is 13.8. The fraction of sp³-hybridized carbons (Fsp3) is 0.429. The Morgan fingerprint density at radius 1 is 0.511 bits per heavy atom. The molecule has 0 amide bonds. The summed E-state index contributed by atoms with van der Waals surface area (Å²) in [6.07, 6.45) is 9.15. The molecule has 4 atom stereocenters. The Morgan fingerprint density at radius 3 is 1.26 bits per heavy atom. The first kappa shape index (κ1) is 33.9. The lowest BCUT2D eigenvalue weighted by Gasteiger charge is -2.31. The summed E-state index contributed by atoms with van der Waals surface area (Å²) in [5.74, 6) is 0.534. The molecule has 6 rings (SSSR count). The number of piperidine rings is 2. The van der Waals surface area contributed by atoms with Crippen LogP contribution in [0.25, 0.3) is 0 Å². The van der Waals surface area contributed by atoms with Crippen LogP contribution in [-0.2, 0) is 4.74 Å². The van der Waals surface area contributed by atoms with Gasteiger partial charge < -0.3 is 14.5 Å². The maximum Gasteiger partial charge on any atom is 0.0839 e. The van der Waals surface area contributed by atoms with Gasteiger partial charge in [0.2, 0.25) is 0 Å². The molecule has 0 radical (unpaired) electrons. The van der Waals surface area contributed by atoms with Crippen molar-refractivity contribution in [3.8, 4) is 0 Å². The van der Waals surface area contributed by atoms with Crippen LogP contribution in [0.5, 0.6) is 0 Å². The Bertz CT molecular complexity index is 1430. The number of anilines is 2. The van der Waals surface area contributed by atoms with Crippen LogP contribution in [0.3, 0.4) is 0 Å². The highest BCUT2D eigenvalue weighted by atomic mass is 35.5. The second kappa shape index (κ2) is 16.4. The van der Waals surface area contributed by atoms with Crippen molar-refractivity contribution in [2.75, 3.05) is 36.0 Å². The minimum absolute atomic E-state index is 0.0748. The summed E-state index contributed by atoms with van der Waals surface area (Å²) in [5.41, 5.74) is 7.26. The molecule has 4 unspecified atom stereocenters. The summed E-state index contributed by atoms with van der Waals surface area (Å²) in [5, 5.41) is 1.71. The second-order valence-corrected chi connectivity index (χ2v) is 14.5. The molecule has 3 nitrogen and oxygen atoms in total. The molecule has 0 bridgehead atoms. The van der Waals surface area contributed by atoms with E-state index in [1.54, 1.807) is 0 Å². The van der Waals surface area contributed by atoms with Gasteiger partial charge in [0.15, 0.2) is 0 Å². The average Bonchev–Trinajstić information content (AvgIpc) is 3.12. The molecular formula is C42H50Cl2N2O. The van der Waals surface area contributed by atoms with E-state index >= 15 is 0 Å². The molecule has 0 N–H and O–H groups in total. The highest BCUT2D eigenvalue weighted by molar-refractivity contribution is 6.33. The van der Waals surface area contributed by atoms with Gasteiger partial charge in [-0.1, -0.05) is 110 Å². The number of hydrogen-bond acceptors (Lipinski definition) is 3. The summed E-state index contributed by atoms with van der Waals surface area (Å²) in [6, 6.07) is 34.8. The van der Waals surface area contributed by atoms with E-state index in [1.807, 2.05) is 0 Å². The molecule has 2 fully saturated rings. The second-order valence-electron chi connectivity index (χ2n) is 13.7. The third-order valence-electron chi connectivity index (χ3n) is 10.3.